The van der Waals surface area contributed by atoms with Crippen LogP contribution in [-0.4, -0.2) is 28.8 Å². The van der Waals surface area contributed by atoms with Crippen molar-refractivity contribution in [2.45, 2.75) is 32.2 Å². The van der Waals surface area contributed by atoms with Crippen LogP contribution in [0.15, 0.2) is 12.4 Å². The minimum absolute atomic E-state index is 0.150. The fourth-order valence-electron chi connectivity index (χ4n) is 2.36. The van der Waals surface area contributed by atoms with Crippen LogP contribution in [0.25, 0.3) is 0 Å². The third-order valence-corrected chi connectivity index (χ3v) is 3.49. The molecule has 2 rings (SSSR count). The number of aryl methyl sites for hydroxylation is 1. The molecule has 1 aliphatic heterocycles. The average molecular weight is 250 g/mol. The maximum Gasteiger partial charge on any atom is 0.220 e. The molecule has 0 aliphatic carbocycles. The number of carbonyl (C=O) groups is 1. The van der Waals surface area contributed by atoms with Gasteiger partial charge in [-0.25, -0.2) is 0 Å². The second-order valence-electron chi connectivity index (χ2n) is 5.03. The molecule has 0 bridgehead atoms. The van der Waals surface area contributed by atoms with Gasteiger partial charge in [0.15, 0.2) is 0 Å². The molecule has 5 heteroatoms. The van der Waals surface area contributed by atoms with E-state index in [4.69, 9.17) is 0 Å². The highest BCUT2D eigenvalue weighted by Gasteiger charge is 2.14. The van der Waals surface area contributed by atoms with Crippen LogP contribution in [-0.2, 0) is 18.4 Å². The van der Waals surface area contributed by atoms with Crippen molar-refractivity contribution in [2.75, 3.05) is 13.1 Å². The molecule has 0 spiro atoms. The highest BCUT2D eigenvalue weighted by atomic mass is 16.1. The predicted molar refractivity (Wildman–Crippen MR) is 69.9 cm³/mol. The molecule has 1 aromatic heterocycles. The zero-order chi connectivity index (χ0) is 12.8. The molecule has 0 saturated carbocycles. The lowest BCUT2D eigenvalue weighted by Crippen LogP contribution is -2.29. The predicted octanol–water partition coefficient (Wildman–Crippen LogP) is 0.816. The van der Waals surface area contributed by atoms with Gasteiger partial charge in [-0.2, -0.15) is 5.10 Å². The molecular formula is C13H22N4O. The Morgan fingerprint density at radius 2 is 2.33 bits per heavy atom. The van der Waals surface area contributed by atoms with Crippen LogP contribution in [0.1, 0.15) is 31.2 Å². The minimum atomic E-state index is 0.150. The lowest BCUT2D eigenvalue weighted by molar-refractivity contribution is -0.121. The Balaban J connectivity index is 1.62. The number of aromatic nitrogens is 2. The topological polar surface area (TPSA) is 59.0 Å². The quantitative estimate of drug-likeness (QED) is 0.813. The fraction of sp³-hybridized carbons (Fsp3) is 0.692. The maximum atomic E-state index is 11.7. The van der Waals surface area contributed by atoms with Gasteiger partial charge in [-0.15, -0.1) is 0 Å². The summed E-state index contributed by atoms with van der Waals surface area (Å²) in [6.07, 6.45) is 7.78. The van der Waals surface area contributed by atoms with E-state index in [1.807, 2.05) is 13.2 Å². The lowest BCUT2D eigenvalue weighted by Gasteiger charge is -2.22. The third kappa shape index (κ3) is 4.14. The molecule has 1 fully saturated rings. The maximum absolute atomic E-state index is 11.7. The summed E-state index contributed by atoms with van der Waals surface area (Å²) in [4.78, 5) is 11.7. The van der Waals surface area contributed by atoms with Gasteiger partial charge in [0.2, 0.25) is 5.91 Å². The number of hydrogen-bond acceptors (Lipinski definition) is 3. The largest absolute Gasteiger partial charge is 0.352 e. The summed E-state index contributed by atoms with van der Waals surface area (Å²) in [5, 5.41) is 10.4. The Morgan fingerprint density at radius 1 is 1.56 bits per heavy atom. The van der Waals surface area contributed by atoms with Gasteiger partial charge in [0.25, 0.3) is 0 Å². The van der Waals surface area contributed by atoms with Crippen molar-refractivity contribution in [3.63, 3.8) is 0 Å². The van der Waals surface area contributed by atoms with Gasteiger partial charge in [-0.3, -0.25) is 9.48 Å². The standard InChI is InChI=1S/C13H22N4O/c1-17-10-12(9-16-17)8-15-13(18)3-2-11-4-6-14-7-5-11/h9-11,14H,2-8H2,1H3,(H,15,18). The molecule has 18 heavy (non-hydrogen) atoms. The molecule has 2 heterocycles. The van der Waals surface area contributed by atoms with Gasteiger partial charge in [0.05, 0.1) is 6.20 Å². The Hall–Kier alpha value is -1.36. The highest BCUT2D eigenvalue weighted by Crippen LogP contribution is 2.17. The molecule has 2 N–H and O–H groups in total. The van der Waals surface area contributed by atoms with Crippen molar-refractivity contribution in [3.05, 3.63) is 18.0 Å². The molecule has 1 aliphatic rings. The molecule has 1 aromatic rings. The first-order chi connectivity index (χ1) is 8.74. The van der Waals surface area contributed by atoms with Crippen molar-refractivity contribution in [1.82, 2.24) is 20.4 Å². The number of nitrogens with one attached hydrogen (secondary N) is 2. The summed E-state index contributed by atoms with van der Waals surface area (Å²) in [7, 11) is 1.88. The Bertz CT molecular complexity index is 382. The second kappa shape index (κ2) is 6.54. The van der Waals surface area contributed by atoms with Gasteiger partial charge >= 0.3 is 0 Å². The van der Waals surface area contributed by atoms with Crippen molar-refractivity contribution < 1.29 is 4.79 Å². The van der Waals surface area contributed by atoms with Gasteiger partial charge in [-0.1, -0.05) is 0 Å². The van der Waals surface area contributed by atoms with Gasteiger partial charge in [0, 0.05) is 31.8 Å². The summed E-state index contributed by atoms with van der Waals surface area (Å²) in [6.45, 7) is 2.78. The fourth-order valence-corrected chi connectivity index (χ4v) is 2.36. The number of piperidine rings is 1. The summed E-state index contributed by atoms with van der Waals surface area (Å²) >= 11 is 0. The van der Waals surface area contributed by atoms with Crippen molar-refractivity contribution in [3.8, 4) is 0 Å². The van der Waals surface area contributed by atoms with Gasteiger partial charge in [0.1, 0.15) is 0 Å². The van der Waals surface area contributed by atoms with E-state index in [1.54, 1.807) is 10.9 Å². The molecule has 0 aromatic carbocycles. The Morgan fingerprint density at radius 3 is 3.00 bits per heavy atom. The van der Waals surface area contributed by atoms with Crippen LogP contribution in [0.5, 0.6) is 0 Å². The number of carbonyl (C=O) groups excluding carboxylic acids is 1. The molecule has 5 nitrogen and oxygen atoms in total. The SMILES string of the molecule is Cn1cc(CNC(=O)CCC2CCNCC2)cn1. The smallest absolute Gasteiger partial charge is 0.220 e. The van der Waals surface area contributed by atoms with E-state index in [9.17, 15) is 4.79 Å². The van der Waals surface area contributed by atoms with E-state index in [-0.39, 0.29) is 5.91 Å². The van der Waals surface area contributed by atoms with Crippen LogP contribution in [0.2, 0.25) is 0 Å². The van der Waals surface area contributed by atoms with E-state index in [0.717, 1.165) is 31.0 Å². The van der Waals surface area contributed by atoms with Gasteiger partial charge < -0.3 is 10.6 Å². The van der Waals surface area contributed by atoms with E-state index in [1.165, 1.54) is 12.8 Å². The number of amides is 1. The first-order valence-electron chi connectivity index (χ1n) is 6.69. The molecule has 100 valence electrons. The summed E-state index contributed by atoms with van der Waals surface area (Å²) in [6, 6.07) is 0. The zero-order valence-corrected chi connectivity index (χ0v) is 11.0. The van der Waals surface area contributed by atoms with Crippen LogP contribution >= 0.6 is 0 Å². The summed E-state index contributed by atoms with van der Waals surface area (Å²) < 4.78 is 1.75. The molecule has 0 atom stereocenters. The normalized spacial score (nSPS) is 16.7. The lowest BCUT2D eigenvalue weighted by atomic mass is 9.93. The number of rotatable bonds is 5. The molecular weight excluding hydrogens is 228 g/mol. The third-order valence-electron chi connectivity index (χ3n) is 3.49. The molecule has 1 amide bonds. The van der Waals surface area contributed by atoms with Crippen molar-refractivity contribution in [2.24, 2.45) is 13.0 Å². The van der Waals surface area contributed by atoms with Crippen LogP contribution in [0.4, 0.5) is 0 Å². The summed E-state index contributed by atoms with van der Waals surface area (Å²) in [5.41, 5.74) is 1.05. The van der Waals surface area contributed by atoms with E-state index in [2.05, 4.69) is 15.7 Å². The van der Waals surface area contributed by atoms with E-state index >= 15 is 0 Å². The van der Waals surface area contributed by atoms with Crippen LogP contribution in [0.3, 0.4) is 0 Å². The van der Waals surface area contributed by atoms with E-state index in [0.29, 0.717) is 13.0 Å². The molecule has 0 unspecified atom stereocenters. The monoisotopic (exact) mass is 250 g/mol. The van der Waals surface area contributed by atoms with Crippen molar-refractivity contribution in [1.29, 1.82) is 0 Å². The summed E-state index contributed by atoms with van der Waals surface area (Å²) in [5.74, 6) is 0.868. The zero-order valence-electron chi connectivity index (χ0n) is 11.0. The van der Waals surface area contributed by atoms with Crippen LogP contribution in [0, 0.1) is 5.92 Å². The Labute approximate surface area is 108 Å². The van der Waals surface area contributed by atoms with Crippen LogP contribution < -0.4 is 10.6 Å². The first-order valence-corrected chi connectivity index (χ1v) is 6.69. The average Bonchev–Trinajstić information content (AvgIpc) is 2.81. The Kier molecular flexibility index (Phi) is 4.75. The highest BCUT2D eigenvalue weighted by molar-refractivity contribution is 5.75. The van der Waals surface area contributed by atoms with E-state index < -0.39 is 0 Å². The number of nitrogens with zero attached hydrogens (tertiary/aromatic N) is 2. The van der Waals surface area contributed by atoms with Crippen molar-refractivity contribution >= 4 is 5.91 Å². The first kappa shape index (κ1) is 13.1. The van der Waals surface area contributed by atoms with Gasteiger partial charge in [-0.05, 0) is 38.3 Å². The molecule has 0 radical (unpaired) electrons. The second-order valence-corrected chi connectivity index (χ2v) is 5.03. The molecule has 1 saturated heterocycles. The minimum Gasteiger partial charge on any atom is -0.352 e. The number of hydrogen-bond donors (Lipinski definition) is 2.